The molecule has 0 aliphatic carbocycles. The Hall–Kier alpha value is -2.95. The number of rotatable bonds is 6. The standard InChI is InChI=1S/C26H33N3O2/c1-18-11-13-29(14-12-18)22-7-5-20(6-8-22)26(30)27-19(2)15-21-17-28(3)25-10-9-23(31-4)16-24(21)25/h5-10,16-19H,11-15H2,1-4H3,(H,27,30)/t19-/m0/s1. The minimum atomic E-state index is -0.0240. The minimum absolute atomic E-state index is 0.0209. The first-order valence-electron chi connectivity index (χ1n) is 11.2. The SMILES string of the molecule is COc1ccc2c(c1)c(C[C@H](C)NC(=O)c1ccc(N3CCC(C)CC3)cc1)cn2C. The molecule has 0 unspecified atom stereocenters. The normalized spacial score (nSPS) is 15.8. The van der Waals surface area contributed by atoms with Gasteiger partial charge < -0.3 is 19.5 Å². The number of methoxy groups -OCH3 is 1. The Kier molecular flexibility index (Phi) is 6.21. The summed E-state index contributed by atoms with van der Waals surface area (Å²) in [5.41, 5.74) is 4.29. The smallest absolute Gasteiger partial charge is 0.251 e. The highest BCUT2D eigenvalue weighted by molar-refractivity contribution is 5.94. The van der Waals surface area contributed by atoms with E-state index in [2.05, 4.69) is 59.1 Å². The molecule has 1 fully saturated rings. The van der Waals surface area contributed by atoms with E-state index >= 15 is 0 Å². The zero-order valence-corrected chi connectivity index (χ0v) is 19.0. The maximum absolute atomic E-state index is 12.8. The number of fused-ring (bicyclic) bond motifs is 1. The van der Waals surface area contributed by atoms with Gasteiger partial charge in [0.15, 0.2) is 0 Å². The van der Waals surface area contributed by atoms with Crippen molar-refractivity contribution in [2.45, 2.75) is 39.2 Å². The molecule has 0 bridgehead atoms. The molecule has 2 heterocycles. The zero-order chi connectivity index (χ0) is 22.0. The van der Waals surface area contributed by atoms with Crippen LogP contribution in [0.2, 0.25) is 0 Å². The number of benzene rings is 2. The van der Waals surface area contributed by atoms with E-state index in [1.54, 1.807) is 7.11 Å². The number of carbonyl (C=O) groups is 1. The van der Waals surface area contributed by atoms with Crippen LogP contribution in [0.5, 0.6) is 5.75 Å². The number of carbonyl (C=O) groups excluding carboxylic acids is 1. The van der Waals surface area contributed by atoms with Crippen molar-refractivity contribution in [2.75, 3.05) is 25.1 Å². The Morgan fingerprint density at radius 2 is 1.87 bits per heavy atom. The van der Waals surface area contributed by atoms with Gasteiger partial charge in [0, 0.05) is 54.5 Å². The Morgan fingerprint density at radius 1 is 1.16 bits per heavy atom. The first-order chi connectivity index (χ1) is 14.9. The number of anilines is 1. The lowest BCUT2D eigenvalue weighted by Gasteiger charge is -2.32. The minimum Gasteiger partial charge on any atom is -0.497 e. The lowest BCUT2D eigenvalue weighted by molar-refractivity contribution is 0.0940. The van der Waals surface area contributed by atoms with Crippen LogP contribution in [0.4, 0.5) is 5.69 Å². The van der Waals surface area contributed by atoms with Gasteiger partial charge in [0.25, 0.3) is 5.91 Å². The first kappa shape index (κ1) is 21.3. The van der Waals surface area contributed by atoms with Gasteiger partial charge in [0.2, 0.25) is 0 Å². The summed E-state index contributed by atoms with van der Waals surface area (Å²) in [5.74, 6) is 1.63. The third-order valence-electron chi connectivity index (χ3n) is 6.46. The van der Waals surface area contributed by atoms with Crippen LogP contribution in [0.3, 0.4) is 0 Å². The van der Waals surface area contributed by atoms with E-state index in [9.17, 15) is 4.79 Å². The molecule has 1 aromatic heterocycles. The summed E-state index contributed by atoms with van der Waals surface area (Å²) in [6.45, 7) is 6.57. The largest absolute Gasteiger partial charge is 0.497 e. The highest BCUT2D eigenvalue weighted by atomic mass is 16.5. The van der Waals surface area contributed by atoms with Crippen LogP contribution in [-0.2, 0) is 13.5 Å². The van der Waals surface area contributed by atoms with E-state index in [0.717, 1.165) is 36.7 Å². The van der Waals surface area contributed by atoms with Crippen LogP contribution < -0.4 is 15.0 Å². The van der Waals surface area contributed by atoms with Gasteiger partial charge in [-0.2, -0.15) is 0 Å². The van der Waals surface area contributed by atoms with Gasteiger partial charge in [0.05, 0.1) is 7.11 Å². The van der Waals surface area contributed by atoms with E-state index in [1.165, 1.54) is 29.5 Å². The number of aryl methyl sites for hydroxylation is 1. The van der Waals surface area contributed by atoms with Gasteiger partial charge in [-0.05, 0) is 80.1 Å². The summed E-state index contributed by atoms with van der Waals surface area (Å²) >= 11 is 0. The predicted octanol–water partition coefficient (Wildman–Crippen LogP) is 4.78. The highest BCUT2D eigenvalue weighted by Crippen LogP contribution is 2.27. The molecular weight excluding hydrogens is 386 g/mol. The van der Waals surface area contributed by atoms with Crippen molar-refractivity contribution < 1.29 is 9.53 Å². The number of ether oxygens (including phenoxy) is 1. The van der Waals surface area contributed by atoms with Crippen molar-refractivity contribution in [3.05, 3.63) is 59.8 Å². The van der Waals surface area contributed by atoms with Gasteiger partial charge in [-0.1, -0.05) is 6.92 Å². The van der Waals surface area contributed by atoms with Crippen LogP contribution >= 0.6 is 0 Å². The number of amides is 1. The van der Waals surface area contributed by atoms with Gasteiger partial charge >= 0.3 is 0 Å². The Labute approximate surface area is 185 Å². The molecule has 0 spiro atoms. The zero-order valence-electron chi connectivity index (χ0n) is 19.0. The van der Waals surface area contributed by atoms with Crippen LogP contribution in [-0.4, -0.2) is 36.7 Å². The average molecular weight is 420 g/mol. The van der Waals surface area contributed by atoms with E-state index in [1.807, 2.05) is 25.2 Å². The maximum Gasteiger partial charge on any atom is 0.251 e. The lowest BCUT2D eigenvalue weighted by Crippen LogP contribution is -2.34. The van der Waals surface area contributed by atoms with Crippen molar-refractivity contribution in [3.63, 3.8) is 0 Å². The number of nitrogens with one attached hydrogen (secondary N) is 1. The quantitative estimate of drug-likeness (QED) is 0.625. The van der Waals surface area contributed by atoms with E-state index in [-0.39, 0.29) is 11.9 Å². The molecule has 5 heteroatoms. The number of aromatic nitrogens is 1. The summed E-state index contributed by atoms with van der Waals surface area (Å²) in [6.07, 6.45) is 5.38. The molecule has 31 heavy (non-hydrogen) atoms. The molecule has 0 radical (unpaired) electrons. The molecular formula is C26H33N3O2. The summed E-state index contributed by atoms with van der Waals surface area (Å²) in [6, 6.07) is 14.2. The second-order valence-electron chi connectivity index (χ2n) is 8.94. The molecule has 1 saturated heterocycles. The van der Waals surface area contributed by atoms with Crippen molar-refractivity contribution in [3.8, 4) is 5.75 Å². The fraction of sp³-hybridized carbons (Fsp3) is 0.423. The maximum atomic E-state index is 12.8. The molecule has 1 aliphatic rings. The van der Waals surface area contributed by atoms with Crippen LogP contribution in [0, 0.1) is 5.92 Å². The molecule has 1 N–H and O–H groups in total. The average Bonchev–Trinajstić information content (AvgIpc) is 3.08. The van der Waals surface area contributed by atoms with Gasteiger partial charge in [0.1, 0.15) is 5.75 Å². The third kappa shape index (κ3) is 4.71. The summed E-state index contributed by atoms with van der Waals surface area (Å²) in [7, 11) is 3.73. The second-order valence-corrected chi connectivity index (χ2v) is 8.94. The number of nitrogens with zero attached hydrogens (tertiary/aromatic N) is 2. The van der Waals surface area contributed by atoms with Crippen molar-refractivity contribution >= 4 is 22.5 Å². The molecule has 164 valence electrons. The van der Waals surface area contributed by atoms with Crippen LogP contribution in [0.1, 0.15) is 42.6 Å². The van der Waals surface area contributed by atoms with Crippen molar-refractivity contribution in [2.24, 2.45) is 13.0 Å². The third-order valence-corrected chi connectivity index (χ3v) is 6.46. The Morgan fingerprint density at radius 3 is 2.55 bits per heavy atom. The lowest BCUT2D eigenvalue weighted by atomic mass is 9.98. The van der Waals surface area contributed by atoms with E-state index < -0.39 is 0 Å². The molecule has 1 amide bonds. The predicted molar refractivity (Wildman–Crippen MR) is 127 cm³/mol. The van der Waals surface area contributed by atoms with Crippen LogP contribution in [0.15, 0.2) is 48.7 Å². The number of hydrogen-bond acceptors (Lipinski definition) is 3. The monoisotopic (exact) mass is 419 g/mol. The molecule has 5 nitrogen and oxygen atoms in total. The van der Waals surface area contributed by atoms with Gasteiger partial charge in [-0.3, -0.25) is 4.79 Å². The summed E-state index contributed by atoms with van der Waals surface area (Å²) < 4.78 is 7.51. The first-order valence-corrected chi connectivity index (χ1v) is 11.2. The highest BCUT2D eigenvalue weighted by Gasteiger charge is 2.17. The number of piperidine rings is 1. The van der Waals surface area contributed by atoms with E-state index in [0.29, 0.717) is 5.56 Å². The molecule has 0 saturated carbocycles. The van der Waals surface area contributed by atoms with Crippen LogP contribution in [0.25, 0.3) is 10.9 Å². The van der Waals surface area contributed by atoms with Crippen molar-refractivity contribution in [1.82, 2.24) is 9.88 Å². The molecule has 1 atom stereocenters. The fourth-order valence-electron chi connectivity index (χ4n) is 4.52. The molecule has 4 rings (SSSR count). The summed E-state index contributed by atoms with van der Waals surface area (Å²) in [4.78, 5) is 15.2. The summed E-state index contributed by atoms with van der Waals surface area (Å²) in [5, 5.41) is 4.33. The van der Waals surface area contributed by atoms with Gasteiger partial charge in [-0.15, -0.1) is 0 Å². The molecule has 2 aromatic carbocycles. The second kappa shape index (κ2) is 9.04. The topological polar surface area (TPSA) is 46.5 Å². The molecule has 1 aliphatic heterocycles. The van der Waals surface area contributed by atoms with E-state index in [4.69, 9.17) is 4.74 Å². The number of hydrogen-bond donors (Lipinski definition) is 1. The van der Waals surface area contributed by atoms with Gasteiger partial charge in [-0.25, -0.2) is 0 Å². The Balaban J connectivity index is 1.40. The Bertz CT molecular complexity index is 1050. The van der Waals surface area contributed by atoms with Crippen molar-refractivity contribution in [1.29, 1.82) is 0 Å². The molecule has 3 aromatic rings. The fourth-order valence-corrected chi connectivity index (χ4v) is 4.52.